The van der Waals surface area contributed by atoms with Crippen LogP contribution in [0.3, 0.4) is 0 Å². The van der Waals surface area contributed by atoms with Crippen molar-refractivity contribution < 1.29 is 19.2 Å². The molecule has 110 valence electrons. The summed E-state index contributed by atoms with van der Waals surface area (Å²) in [6.07, 6.45) is 0. The van der Waals surface area contributed by atoms with Crippen molar-refractivity contribution in [2.75, 3.05) is 0 Å². The van der Waals surface area contributed by atoms with Crippen LogP contribution in [0.25, 0.3) is 0 Å². The van der Waals surface area contributed by atoms with Crippen LogP contribution >= 0.6 is 34.8 Å². The molecule has 0 aliphatic rings. The van der Waals surface area contributed by atoms with Gasteiger partial charge in [-0.1, -0.05) is 40.9 Å². The molecule has 0 bridgehead atoms. The zero-order chi connectivity index (χ0) is 15.6. The minimum Gasteiger partial charge on any atom is -0.486 e. The Hall–Kier alpha value is -0.975. The zero-order valence-corrected chi connectivity index (χ0v) is 12.8. The molecular weight excluding hydrogens is 340 g/mol. The molecule has 0 saturated carbocycles. The molecule has 0 saturated heterocycles. The second-order valence-electron chi connectivity index (χ2n) is 4.25. The molecule has 0 fully saturated rings. The van der Waals surface area contributed by atoms with Crippen LogP contribution in [-0.4, -0.2) is 17.2 Å². The van der Waals surface area contributed by atoms with E-state index in [1.807, 2.05) is 0 Å². The predicted molar refractivity (Wildman–Crippen MR) is 82.0 cm³/mol. The molecule has 0 heterocycles. The third-order valence-corrected chi connectivity index (χ3v) is 3.40. The van der Waals surface area contributed by atoms with E-state index in [2.05, 4.69) is 0 Å². The monoisotopic (exact) mass is 348 g/mol. The van der Waals surface area contributed by atoms with Gasteiger partial charge in [0.05, 0.1) is 10.0 Å². The van der Waals surface area contributed by atoms with E-state index in [0.717, 1.165) is 6.07 Å². The number of benzene rings is 2. The second-order valence-corrected chi connectivity index (χ2v) is 5.50. The summed E-state index contributed by atoms with van der Waals surface area (Å²) in [5, 5.41) is 19.0. The average molecular weight is 349 g/mol. The van der Waals surface area contributed by atoms with Crippen molar-refractivity contribution in [2.45, 2.75) is 6.61 Å². The van der Waals surface area contributed by atoms with Gasteiger partial charge in [0.2, 0.25) is 0 Å². The molecule has 2 rings (SSSR count). The van der Waals surface area contributed by atoms with E-state index in [-0.39, 0.29) is 27.9 Å². The Bertz CT molecular complexity index is 644. The third kappa shape index (κ3) is 4.25. The van der Waals surface area contributed by atoms with Gasteiger partial charge in [0, 0.05) is 5.02 Å². The van der Waals surface area contributed by atoms with Gasteiger partial charge in [-0.2, -0.15) is 0 Å². The highest BCUT2D eigenvalue weighted by Gasteiger charge is 2.14. The summed E-state index contributed by atoms with van der Waals surface area (Å²) in [6.45, 7) is -0.0431. The average Bonchev–Trinajstić information content (AvgIpc) is 2.36. The summed E-state index contributed by atoms with van der Waals surface area (Å²) in [6, 6.07) is 6.59. The predicted octanol–water partition coefficient (Wildman–Crippen LogP) is 3.04. The fraction of sp³-hybridized carbons (Fsp3) is 0.0769. The summed E-state index contributed by atoms with van der Waals surface area (Å²) >= 11 is 17.7. The molecule has 0 radical (unpaired) electrons. The van der Waals surface area contributed by atoms with Crippen LogP contribution in [-0.2, 0) is 6.61 Å². The lowest BCUT2D eigenvalue weighted by atomic mass is 9.79. The highest BCUT2D eigenvalue weighted by atomic mass is 35.5. The van der Waals surface area contributed by atoms with Gasteiger partial charge >= 0.3 is 7.12 Å². The molecule has 2 N–H and O–H groups in total. The van der Waals surface area contributed by atoms with E-state index < -0.39 is 12.9 Å². The van der Waals surface area contributed by atoms with E-state index >= 15 is 0 Å². The first-order chi connectivity index (χ1) is 9.86. The first-order valence-electron chi connectivity index (χ1n) is 5.79. The number of rotatable bonds is 4. The third-order valence-electron chi connectivity index (χ3n) is 2.62. The number of ether oxygens (including phenoxy) is 1. The van der Waals surface area contributed by atoms with Crippen LogP contribution in [0, 0.1) is 5.82 Å². The molecule has 21 heavy (non-hydrogen) atoms. The Morgan fingerprint density at radius 2 is 1.62 bits per heavy atom. The second kappa shape index (κ2) is 6.86. The summed E-state index contributed by atoms with van der Waals surface area (Å²) in [5.74, 6) is -0.384. The number of hydrogen-bond acceptors (Lipinski definition) is 3. The molecule has 0 spiro atoms. The summed E-state index contributed by atoms with van der Waals surface area (Å²) < 4.78 is 18.8. The van der Waals surface area contributed by atoms with E-state index in [1.165, 1.54) is 24.3 Å². The van der Waals surface area contributed by atoms with E-state index in [1.54, 1.807) is 0 Å². The van der Waals surface area contributed by atoms with Crippen molar-refractivity contribution in [3.05, 3.63) is 56.8 Å². The van der Waals surface area contributed by atoms with Crippen LogP contribution in [0.5, 0.6) is 5.75 Å². The van der Waals surface area contributed by atoms with E-state index in [0.29, 0.717) is 10.6 Å². The lowest BCUT2D eigenvalue weighted by Crippen LogP contribution is -2.30. The van der Waals surface area contributed by atoms with Crippen molar-refractivity contribution in [3.63, 3.8) is 0 Å². The van der Waals surface area contributed by atoms with Gasteiger partial charge in [0.25, 0.3) is 0 Å². The summed E-state index contributed by atoms with van der Waals surface area (Å²) in [7, 11) is -1.76. The van der Waals surface area contributed by atoms with Gasteiger partial charge in [-0.05, 0) is 35.3 Å². The Labute approximate surface area is 136 Å². The minimum atomic E-state index is -1.76. The fourth-order valence-electron chi connectivity index (χ4n) is 1.73. The molecule has 0 atom stereocenters. The number of halogens is 4. The number of hydrogen-bond donors (Lipinski definition) is 2. The summed E-state index contributed by atoms with van der Waals surface area (Å²) in [5.41, 5.74) is 0.432. The summed E-state index contributed by atoms with van der Waals surface area (Å²) in [4.78, 5) is 0. The lowest BCUT2D eigenvalue weighted by Gasteiger charge is -2.11. The van der Waals surface area contributed by atoms with E-state index in [4.69, 9.17) is 49.6 Å². The van der Waals surface area contributed by atoms with Crippen molar-refractivity contribution in [3.8, 4) is 5.75 Å². The van der Waals surface area contributed by atoms with Crippen LogP contribution < -0.4 is 10.2 Å². The van der Waals surface area contributed by atoms with Gasteiger partial charge in [-0.15, -0.1) is 0 Å². The Balaban J connectivity index is 2.21. The van der Waals surface area contributed by atoms with Crippen LogP contribution in [0.2, 0.25) is 15.1 Å². The smallest absolute Gasteiger partial charge is 0.486 e. The molecule has 0 aromatic heterocycles. The molecular formula is C13H9BCl3FO3. The van der Waals surface area contributed by atoms with Crippen molar-refractivity contribution in [2.24, 2.45) is 0 Å². The first-order valence-corrected chi connectivity index (χ1v) is 6.93. The zero-order valence-electron chi connectivity index (χ0n) is 10.5. The standard InChI is InChI=1S/C13H9BCl3FO3/c15-9-4-11(16)13(12(17)5-9)21-6-7-1-8(14(19)20)3-10(18)2-7/h1-5,19-20H,6H2. The molecule has 3 nitrogen and oxygen atoms in total. The molecule has 0 unspecified atom stereocenters. The Morgan fingerprint density at radius 1 is 1.00 bits per heavy atom. The lowest BCUT2D eigenvalue weighted by molar-refractivity contribution is 0.306. The van der Waals surface area contributed by atoms with Crippen LogP contribution in [0.15, 0.2) is 30.3 Å². The van der Waals surface area contributed by atoms with Gasteiger partial charge in [0.1, 0.15) is 12.4 Å². The van der Waals surface area contributed by atoms with E-state index in [9.17, 15) is 4.39 Å². The minimum absolute atomic E-state index is 0.0295. The maximum absolute atomic E-state index is 13.4. The van der Waals surface area contributed by atoms with Crippen LogP contribution in [0.4, 0.5) is 4.39 Å². The molecule has 0 aliphatic heterocycles. The molecule has 8 heteroatoms. The topological polar surface area (TPSA) is 49.7 Å². The Kier molecular flexibility index (Phi) is 5.35. The molecule has 2 aromatic carbocycles. The largest absolute Gasteiger partial charge is 0.488 e. The molecule has 0 aliphatic carbocycles. The SMILES string of the molecule is OB(O)c1cc(F)cc(COc2c(Cl)cc(Cl)cc2Cl)c1. The maximum atomic E-state index is 13.4. The van der Waals surface area contributed by atoms with Gasteiger partial charge in [0.15, 0.2) is 5.75 Å². The van der Waals surface area contributed by atoms with Crippen molar-refractivity contribution in [1.82, 2.24) is 0 Å². The van der Waals surface area contributed by atoms with Crippen LogP contribution in [0.1, 0.15) is 5.56 Å². The fourth-order valence-corrected chi connectivity index (χ4v) is 2.66. The molecule has 2 aromatic rings. The quantitative estimate of drug-likeness (QED) is 0.834. The normalized spacial score (nSPS) is 10.6. The molecule has 0 amide bonds. The van der Waals surface area contributed by atoms with Crippen molar-refractivity contribution >= 4 is 47.4 Å². The highest BCUT2D eigenvalue weighted by molar-refractivity contribution is 6.58. The van der Waals surface area contributed by atoms with Gasteiger partial charge in [-0.25, -0.2) is 4.39 Å². The first kappa shape index (κ1) is 16.4. The highest BCUT2D eigenvalue weighted by Crippen LogP contribution is 2.36. The van der Waals surface area contributed by atoms with Gasteiger partial charge in [-0.3, -0.25) is 0 Å². The Morgan fingerprint density at radius 3 is 2.19 bits per heavy atom. The maximum Gasteiger partial charge on any atom is 0.488 e. The van der Waals surface area contributed by atoms with Crippen molar-refractivity contribution in [1.29, 1.82) is 0 Å². The van der Waals surface area contributed by atoms with Gasteiger partial charge < -0.3 is 14.8 Å².